The van der Waals surface area contributed by atoms with E-state index in [0.717, 1.165) is 45.7 Å². The van der Waals surface area contributed by atoms with Crippen molar-refractivity contribution in [1.82, 2.24) is 9.47 Å². The summed E-state index contributed by atoms with van der Waals surface area (Å²) < 4.78 is 2.17. The third-order valence-corrected chi connectivity index (χ3v) is 5.80. The van der Waals surface area contributed by atoms with Gasteiger partial charge in [-0.15, -0.1) is 6.42 Å². The van der Waals surface area contributed by atoms with Crippen LogP contribution >= 0.6 is 11.8 Å². The number of aryl methyl sites for hydroxylation is 2. The fourth-order valence-electron chi connectivity index (χ4n) is 3.39. The number of unbranched alkanes of at least 4 members (excludes halogenated alkanes) is 1. The molecule has 0 atom stereocenters. The SMILES string of the molecule is C#CCN1C(=O)S/C(=C/c2cc(C)n(-c3ccc(CCCC)cc3)c2C)C1=O. The van der Waals surface area contributed by atoms with E-state index in [2.05, 4.69) is 41.7 Å². The minimum atomic E-state index is -0.321. The Hall–Kier alpha value is -2.71. The van der Waals surface area contributed by atoms with Crippen molar-refractivity contribution >= 4 is 29.0 Å². The second kappa shape index (κ2) is 8.53. The standard InChI is InChI=1S/C23H24N2O2S/c1-5-7-8-18-9-11-20(12-10-18)25-16(3)14-19(17(25)4)15-21-22(26)24(13-6-2)23(27)28-21/h2,9-12,14-15H,5,7-8,13H2,1,3-4H3/b21-15+. The molecule has 1 aromatic heterocycles. The molecule has 3 rings (SSSR count). The monoisotopic (exact) mass is 392 g/mol. The molecule has 1 aliphatic rings. The molecule has 2 amide bonds. The fraction of sp³-hybridized carbons (Fsp3) is 0.304. The summed E-state index contributed by atoms with van der Waals surface area (Å²) in [4.78, 5) is 25.9. The number of imide groups is 1. The average molecular weight is 393 g/mol. The molecule has 1 saturated heterocycles. The lowest BCUT2D eigenvalue weighted by Gasteiger charge is -2.11. The van der Waals surface area contributed by atoms with E-state index in [1.807, 2.05) is 19.9 Å². The van der Waals surface area contributed by atoms with Crippen molar-refractivity contribution in [1.29, 1.82) is 0 Å². The van der Waals surface area contributed by atoms with E-state index in [9.17, 15) is 9.59 Å². The van der Waals surface area contributed by atoms with E-state index in [-0.39, 0.29) is 17.7 Å². The van der Waals surface area contributed by atoms with Crippen molar-refractivity contribution in [2.24, 2.45) is 0 Å². The molecule has 4 nitrogen and oxygen atoms in total. The maximum atomic E-state index is 12.4. The predicted octanol–water partition coefficient (Wildman–Crippen LogP) is 5.11. The molecular weight excluding hydrogens is 368 g/mol. The van der Waals surface area contributed by atoms with Crippen molar-refractivity contribution < 1.29 is 9.59 Å². The third-order valence-electron chi connectivity index (χ3n) is 4.89. The van der Waals surface area contributed by atoms with Crippen molar-refractivity contribution in [3.8, 4) is 18.0 Å². The molecule has 1 aliphatic heterocycles. The zero-order valence-corrected chi connectivity index (χ0v) is 17.3. The fourth-order valence-corrected chi connectivity index (χ4v) is 4.22. The highest BCUT2D eigenvalue weighted by atomic mass is 32.2. The number of carbonyl (C=O) groups is 2. The van der Waals surface area contributed by atoms with Gasteiger partial charge >= 0.3 is 0 Å². The van der Waals surface area contributed by atoms with Gasteiger partial charge in [-0.1, -0.05) is 31.4 Å². The summed E-state index contributed by atoms with van der Waals surface area (Å²) >= 11 is 0.939. The molecule has 1 aromatic carbocycles. The van der Waals surface area contributed by atoms with Crippen LogP contribution in [-0.2, 0) is 11.2 Å². The Bertz CT molecular complexity index is 977. The van der Waals surface area contributed by atoms with Crippen LogP contribution < -0.4 is 0 Å². The van der Waals surface area contributed by atoms with E-state index in [0.29, 0.717) is 4.91 Å². The molecule has 0 aliphatic carbocycles. The lowest BCUT2D eigenvalue weighted by Crippen LogP contribution is -2.28. The van der Waals surface area contributed by atoms with Gasteiger partial charge in [-0.3, -0.25) is 14.5 Å². The Morgan fingerprint density at radius 3 is 2.54 bits per heavy atom. The Morgan fingerprint density at radius 1 is 1.18 bits per heavy atom. The number of thioether (sulfide) groups is 1. The molecule has 0 unspecified atom stereocenters. The van der Waals surface area contributed by atoms with Crippen molar-refractivity contribution in [3.63, 3.8) is 0 Å². The van der Waals surface area contributed by atoms with Crippen molar-refractivity contribution in [3.05, 3.63) is 57.8 Å². The molecule has 0 spiro atoms. The van der Waals surface area contributed by atoms with Crippen LogP contribution in [0.5, 0.6) is 0 Å². The van der Waals surface area contributed by atoms with Gasteiger partial charge in [-0.25, -0.2) is 0 Å². The number of aromatic nitrogens is 1. The van der Waals surface area contributed by atoms with Crippen molar-refractivity contribution in [2.45, 2.75) is 40.0 Å². The summed E-state index contributed by atoms with van der Waals surface area (Å²) in [7, 11) is 0. The number of benzene rings is 1. The largest absolute Gasteiger partial charge is 0.318 e. The predicted molar refractivity (Wildman–Crippen MR) is 115 cm³/mol. The van der Waals surface area contributed by atoms with Crippen LogP contribution in [0.25, 0.3) is 11.8 Å². The van der Waals surface area contributed by atoms with Gasteiger partial charge in [-0.05, 0) is 73.9 Å². The van der Waals surface area contributed by atoms with Gasteiger partial charge in [-0.2, -0.15) is 0 Å². The van der Waals surface area contributed by atoms with E-state index in [1.54, 1.807) is 6.08 Å². The summed E-state index contributed by atoms with van der Waals surface area (Å²) in [5.41, 5.74) is 5.47. The average Bonchev–Trinajstić information content (AvgIpc) is 3.11. The molecule has 2 aromatic rings. The van der Waals surface area contributed by atoms with E-state index in [1.165, 1.54) is 18.4 Å². The first kappa shape index (κ1) is 20.0. The van der Waals surface area contributed by atoms with Crippen LogP contribution in [0.2, 0.25) is 0 Å². The normalized spacial score (nSPS) is 15.5. The Labute approximate surface area is 170 Å². The quantitative estimate of drug-likeness (QED) is 0.507. The molecule has 0 radical (unpaired) electrons. The van der Waals surface area contributed by atoms with Crippen LogP contribution in [-0.4, -0.2) is 27.2 Å². The number of rotatable bonds is 6. The highest BCUT2D eigenvalue weighted by Gasteiger charge is 2.34. The minimum absolute atomic E-state index is 0.00537. The van der Waals surface area contributed by atoms with Gasteiger partial charge in [0, 0.05) is 17.1 Å². The number of nitrogens with zero attached hydrogens (tertiary/aromatic N) is 2. The summed E-state index contributed by atoms with van der Waals surface area (Å²) in [5, 5.41) is -0.314. The first-order chi connectivity index (χ1) is 13.5. The van der Waals surface area contributed by atoms with Crippen LogP contribution in [0, 0.1) is 26.2 Å². The smallest absolute Gasteiger partial charge is 0.294 e. The van der Waals surface area contributed by atoms with E-state index in [4.69, 9.17) is 6.42 Å². The topological polar surface area (TPSA) is 42.3 Å². The molecule has 144 valence electrons. The summed E-state index contributed by atoms with van der Waals surface area (Å²) in [6.45, 7) is 6.27. The number of carbonyl (C=O) groups excluding carboxylic acids is 2. The second-order valence-corrected chi connectivity index (χ2v) is 7.90. The van der Waals surface area contributed by atoms with Gasteiger partial charge in [0.05, 0.1) is 11.4 Å². The summed E-state index contributed by atoms with van der Waals surface area (Å²) in [5.74, 6) is 2.04. The zero-order valence-electron chi connectivity index (χ0n) is 16.5. The van der Waals surface area contributed by atoms with Crippen molar-refractivity contribution in [2.75, 3.05) is 6.54 Å². The summed E-state index contributed by atoms with van der Waals surface area (Å²) in [6, 6.07) is 10.7. The zero-order chi connectivity index (χ0) is 20.3. The van der Waals surface area contributed by atoms with Gasteiger partial charge in [0.25, 0.3) is 11.1 Å². The van der Waals surface area contributed by atoms with Crippen LogP contribution in [0.1, 0.15) is 42.3 Å². The molecule has 2 heterocycles. The number of amides is 2. The first-order valence-electron chi connectivity index (χ1n) is 9.43. The lowest BCUT2D eigenvalue weighted by molar-refractivity contribution is -0.122. The Balaban J connectivity index is 1.90. The molecule has 0 bridgehead atoms. The molecule has 0 saturated carbocycles. The maximum Gasteiger partial charge on any atom is 0.294 e. The summed E-state index contributed by atoms with van der Waals surface area (Å²) in [6.07, 6.45) is 10.5. The molecule has 5 heteroatoms. The van der Waals surface area contributed by atoms with Gasteiger partial charge in [0.2, 0.25) is 0 Å². The molecular formula is C23H24N2O2S. The van der Waals surface area contributed by atoms with Crippen LogP contribution in [0.3, 0.4) is 0 Å². The number of terminal acetylenes is 1. The highest BCUT2D eigenvalue weighted by Crippen LogP contribution is 2.33. The van der Waals surface area contributed by atoms with Gasteiger partial charge in [0.1, 0.15) is 0 Å². The first-order valence-corrected chi connectivity index (χ1v) is 10.2. The number of hydrogen-bond acceptors (Lipinski definition) is 3. The van der Waals surface area contributed by atoms with Gasteiger partial charge < -0.3 is 4.57 Å². The number of hydrogen-bond donors (Lipinski definition) is 0. The second-order valence-electron chi connectivity index (χ2n) is 6.90. The van der Waals surface area contributed by atoms with E-state index >= 15 is 0 Å². The Morgan fingerprint density at radius 2 is 1.89 bits per heavy atom. The van der Waals surface area contributed by atoms with E-state index < -0.39 is 0 Å². The molecule has 1 fully saturated rings. The van der Waals surface area contributed by atoms with Crippen LogP contribution in [0.4, 0.5) is 4.79 Å². The minimum Gasteiger partial charge on any atom is -0.318 e. The lowest BCUT2D eigenvalue weighted by atomic mass is 10.1. The maximum absolute atomic E-state index is 12.4. The van der Waals surface area contributed by atoms with Gasteiger partial charge in [0.15, 0.2) is 0 Å². The Kier molecular flexibility index (Phi) is 6.11. The molecule has 28 heavy (non-hydrogen) atoms. The molecule has 0 N–H and O–H groups in total. The third kappa shape index (κ3) is 3.93. The van der Waals surface area contributed by atoms with Crippen LogP contribution in [0.15, 0.2) is 35.2 Å². The highest BCUT2D eigenvalue weighted by molar-refractivity contribution is 8.18.